The minimum atomic E-state index is -0.261. The average Bonchev–Trinajstić information content (AvgIpc) is 2.25. The third-order valence-corrected chi connectivity index (χ3v) is 2.37. The number of carbonyl (C=O) groups excluding carboxylic acids is 1. The summed E-state index contributed by atoms with van der Waals surface area (Å²) in [6.07, 6.45) is 0. The van der Waals surface area contributed by atoms with E-state index in [1.807, 2.05) is 26.8 Å². The van der Waals surface area contributed by atoms with Gasteiger partial charge in [0.2, 0.25) is 5.91 Å². The summed E-state index contributed by atoms with van der Waals surface area (Å²) >= 11 is 0. The lowest BCUT2D eigenvalue weighted by Crippen LogP contribution is -2.38. The fourth-order valence-corrected chi connectivity index (χ4v) is 1.51. The normalized spacial score (nSPS) is 12.5. The first-order chi connectivity index (χ1) is 7.99. The number of benzene rings is 1. The van der Waals surface area contributed by atoms with Crippen molar-refractivity contribution in [3.05, 3.63) is 35.6 Å². The molecule has 1 aromatic carbocycles. The quantitative estimate of drug-likeness (QED) is 0.823. The van der Waals surface area contributed by atoms with Crippen molar-refractivity contribution in [1.82, 2.24) is 10.6 Å². The molecule has 0 saturated heterocycles. The van der Waals surface area contributed by atoms with Crippen LogP contribution in [0, 0.1) is 5.82 Å². The van der Waals surface area contributed by atoms with Gasteiger partial charge in [-0.15, -0.1) is 0 Å². The lowest BCUT2D eigenvalue weighted by molar-refractivity contribution is -0.120. The van der Waals surface area contributed by atoms with Crippen molar-refractivity contribution in [3.63, 3.8) is 0 Å². The Hall–Kier alpha value is -1.42. The van der Waals surface area contributed by atoms with Crippen molar-refractivity contribution >= 4 is 5.91 Å². The second-order valence-corrected chi connectivity index (χ2v) is 4.38. The molecule has 0 heterocycles. The van der Waals surface area contributed by atoms with Crippen LogP contribution in [-0.2, 0) is 4.79 Å². The zero-order valence-electron chi connectivity index (χ0n) is 10.5. The van der Waals surface area contributed by atoms with Gasteiger partial charge < -0.3 is 10.6 Å². The SMILES string of the molecule is CC(C)NC(=O)CN[C@H](C)c1cccc(F)c1. The molecule has 3 nitrogen and oxygen atoms in total. The molecule has 0 aliphatic rings. The summed E-state index contributed by atoms with van der Waals surface area (Å²) in [4.78, 5) is 11.4. The molecular formula is C13H19FN2O. The van der Waals surface area contributed by atoms with Crippen LogP contribution in [0.15, 0.2) is 24.3 Å². The molecule has 2 N–H and O–H groups in total. The number of amides is 1. The Bertz CT molecular complexity index is 379. The molecule has 1 atom stereocenters. The van der Waals surface area contributed by atoms with Crippen molar-refractivity contribution in [3.8, 4) is 0 Å². The molecule has 1 amide bonds. The molecular weight excluding hydrogens is 219 g/mol. The number of hydrogen-bond acceptors (Lipinski definition) is 2. The van der Waals surface area contributed by atoms with Crippen LogP contribution in [0.1, 0.15) is 32.4 Å². The smallest absolute Gasteiger partial charge is 0.234 e. The van der Waals surface area contributed by atoms with Gasteiger partial charge in [0.15, 0.2) is 0 Å². The maximum atomic E-state index is 13.0. The molecule has 94 valence electrons. The molecule has 0 saturated carbocycles. The lowest BCUT2D eigenvalue weighted by atomic mass is 10.1. The Kier molecular flexibility index (Phi) is 5.10. The molecule has 0 aromatic heterocycles. The molecule has 0 aliphatic heterocycles. The van der Waals surface area contributed by atoms with E-state index in [-0.39, 0.29) is 30.4 Å². The van der Waals surface area contributed by atoms with Crippen molar-refractivity contribution in [2.75, 3.05) is 6.54 Å². The molecule has 0 aliphatic carbocycles. The fraction of sp³-hybridized carbons (Fsp3) is 0.462. The van der Waals surface area contributed by atoms with E-state index < -0.39 is 0 Å². The Morgan fingerprint density at radius 2 is 2.06 bits per heavy atom. The first-order valence-corrected chi connectivity index (χ1v) is 5.77. The summed E-state index contributed by atoms with van der Waals surface area (Å²) in [6, 6.07) is 6.45. The van der Waals surface area contributed by atoms with Gasteiger partial charge in [0, 0.05) is 12.1 Å². The van der Waals surface area contributed by atoms with Crippen LogP contribution in [0.2, 0.25) is 0 Å². The Labute approximate surface area is 101 Å². The van der Waals surface area contributed by atoms with E-state index in [0.717, 1.165) is 5.56 Å². The van der Waals surface area contributed by atoms with Crippen molar-refractivity contribution in [2.24, 2.45) is 0 Å². The van der Waals surface area contributed by atoms with E-state index in [1.165, 1.54) is 12.1 Å². The van der Waals surface area contributed by atoms with Crippen LogP contribution in [-0.4, -0.2) is 18.5 Å². The van der Waals surface area contributed by atoms with Crippen LogP contribution in [0.5, 0.6) is 0 Å². The van der Waals surface area contributed by atoms with Gasteiger partial charge in [-0.1, -0.05) is 12.1 Å². The maximum Gasteiger partial charge on any atom is 0.234 e. The lowest BCUT2D eigenvalue weighted by Gasteiger charge is -2.15. The van der Waals surface area contributed by atoms with Crippen LogP contribution >= 0.6 is 0 Å². The average molecular weight is 238 g/mol. The Morgan fingerprint density at radius 3 is 2.65 bits per heavy atom. The van der Waals surface area contributed by atoms with Gasteiger partial charge in [0.1, 0.15) is 5.82 Å². The van der Waals surface area contributed by atoms with Crippen LogP contribution in [0.3, 0.4) is 0 Å². The molecule has 0 bridgehead atoms. The Morgan fingerprint density at radius 1 is 1.35 bits per heavy atom. The summed E-state index contributed by atoms with van der Waals surface area (Å²) in [6.45, 7) is 5.95. The monoisotopic (exact) mass is 238 g/mol. The molecule has 1 aromatic rings. The van der Waals surface area contributed by atoms with Gasteiger partial charge >= 0.3 is 0 Å². The largest absolute Gasteiger partial charge is 0.353 e. The molecule has 0 fully saturated rings. The minimum Gasteiger partial charge on any atom is -0.353 e. The summed E-state index contributed by atoms with van der Waals surface area (Å²) in [5.41, 5.74) is 0.836. The molecule has 1 rings (SSSR count). The molecule has 0 spiro atoms. The summed E-state index contributed by atoms with van der Waals surface area (Å²) in [7, 11) is 0. The van der Waals surface area contributed by atoms with E-state index in [9.17, 15) is 9.18 Å². The summed E-state index contributed by atoms with van der Waals surface area (Å²) in [5.74, 6) is -0.314. The highest BCUT2D eigenvalue weighted by molar-refractivity contribution is 5.78. The van der Waals surface area contributed by atoms with E-state index in [1.54, 1.807) is 6.07 Å². The van der Waals surface area contributed by atoms with Crippen LogP contribution < -0.4 is 10.6 Å². The zero-order valence-corrected chi connectivity index (χ0v) is 10.5. The third-order valence-electron chi connectivity index (χ3n) is 2.37. The van der Waals surface area contributed by atoms with E-state index in [4.69, 9.17) is 0 Å². The number of halogens is 1. The van der Waals surface area contributed by atoms with E-state index in [0.29, 0.717) is 0 Å². The highest BCUT2D eigenvalue weighted by Crippen LogP contribution is 2.12. The maximum absolute atomic E-state index is 13.0. The van der Waals surface area contributed by atoms with Crippen LogP contribution in [0.4, 0.5) is 4.39 Å². The predicted molar refractivity (Wildman–Crippen MR) is 66.1 cm³/mol. The van der Waals surface area contributed by atoms with Gasteiger partial charge in [-0.3, -0.25) is 4.79 Å². The number of hydrogen-bond donors (Lipinski definition) is 2. The van der Waals surface area contributed by atoms with Crippen molar-refractivity contribution in [1.29, 1.82) is 0 Å². The number of carbonyl (C=O) groups is 1. The highest BCUT2D eigenvalue weighted by Gasteiger charge is 2.08. The molecule has 4 heteroatoms. The van der Waals surface area contributed by atoms with Gasteiger partial charge in [-0.2, -0.15) is 0 Å². The molecule has 0 radical (unpaired) electrons. The van der Waals surface area contributed by atoms with Crippen molar-refractivity contribution < 1.29 is 9.18 Å². The summed E-state index contributed by atoms with van der Waals surface area (Å²) in [5, 5.41) is 5.84. The second kappa shape index (κ2) is 6.35. The molecule has 0 unspecified atom stereocenters. The number of nitrogens with one attached hydrogen (secondary N) is 2. The topological polar surface area (TPSA) is 41.1 Å². The molecule has 17 heavy (non-hydrogen) atoms. The van der Waals surface area contributed by atoms with Gasteiger partial charge in [-0.25, -0.2) is 4.39 Å². The fourth-order valence-electron chi connectivity index (χ4n) is 1.51. The zero-order chi connectivity index (χ0) is 12.8. The first-order valence-electron chi connectivity index (χ1n) is 5.77. The Balaban J connectivity index is 2.44. The predicted octanol–water partition coefficient (Wildman–Crippen LogP) is 2.00. The highest BCUT2D eigenvalue weighted by atomic mass is 19.1. The summed E-state index contributed by atoms with van der Waals surface area (Å²) < 4.78 is 13.0. The third kappa shape index (κ3) is 4.95. The number of rotatable bonds is 5. The van der Waals surface area contributed by atoms with Gasteiger partial charge in [0.05, 0.1) is 6.54 Å². The van der Waals surface area contributed by atoms with Gasteiger partial charge in [0.25, 0.3) is 0 Å². The van der Waals surface area contributed by atoms with Gasteiger partial charge in [-0.05, 0) is 38.5 Å². The van der Waals surface area contributed by atoms with Crippen molar-refractivity contribution in [2.45, 2.75) is 32.9 Å². The first kappa shape index (κ1) is 13.6. The van der Waals surface area contributed by atoms with E-state index in [2.05, 4.69) is 10.6 Å². The minimum absolute atomic E-state index is 0.0522. The van der Waals surface area contributed by atoms with E-state index >= 15 is 0 Å². The standard InChI is InChI=1S/C13H19FN2O/c1-9(2)16-13(17)8-15-10(3)11-5-4-6-12(14)7-11/h4-7,9-10,15H,8H2,1-3H3,(H,16,17)/t10-/m1/s1. The van der Waals surface area contributed by atoms with Crippen LogP contribution in [0.25, 0.3) is 0 Å². The second-order valence-electron chi connectivity index (χ2n) is 4.38.